The Morgan fingerprint density at radius 3 is 2.93 bits per heavy atom. The fourth-order valence-corrected chi connectivity index (χ4v) is 1.32. The summed E-state index contributed by atoms with van der Waals surface area (Å²) in [6.45, 7) is 1.76. The Bertz CT molecular complexity index is 396. The molecule has 0 fully saturated rings. The number of anilines is 1. The minimum Gasteiger partial charge on any atom is -0.325 e. The Morgan fingerprint density at radius 2 is 2.36 bits per heavy atom. The van der Waals surface area contributed by atoms with E-state index in [2.05, 4.69) is 21.2 Å². The molecule has 1 rings (SSSR count). The fraction of sp³-hybridized carbons (Fsp3) is 0.200. The second kappa shape index (κ2) is 4.77. The van der Waals surface area contributed by atoms with Crippen LogP contribution in [-0.4, -0.2) is 5.91 Å². The molecule has 0 aliphatic rings. The van der Waals surface area contributed by atoms with Gasteiger partial charge in [-0.1, -0.05) is 22.9 Å². The highest BCUT2D eigenvalue weighted by Gasteiger charge is 2.04. The molecule has 4 heteroatoms. The molecule has 3 nitrogen and oxygen atoms in total. The van der Waals surface area contributed by atoms with Crippen molar-refractivity contribution in [1.82, 2.24) is 0 Å². The van der Waals surface area contributed by atoms with Crippen molar-refractivity contribution in [3.8, 4) is 6.07 Å². The van der Waals surface area contributed by atoms with Crippen LogP contribution in [-0.2, 0) is 4.79 Å². The van der Waals surface area contributed by atoms with Crippen molar-refractivity contribution in [3.05, 3.63) is 28.2 Å². The zero-order chi connectivity index (χ0) is 10.6. The van der Waals surface area contributed by atoms with Crippen LogP contribution < -0.4 is 5.32 Å². The van der Waals surface area contributed by atoms with E-state index in [-0.39, 0.29) is 5.91 Å². The van der Waals surface area contributed by atoms with Crippen LogP contribution >= 0.6 is 15.9 Å². The number of nitrogens with one attached hydrogen (secondary N) is 1. The van der Waals surface area contributed by atoms with Gasteiger partial charge >= 0.3 is 0 Å². The smallest absolute Gasteiger partial charge is 0.224 e. The summed E-state index contributed by atoms with van der Waals surface area (Å²) in [6.07, 6.45) is 0.404. The molecule has 0 unspecified atom stereocenters. The minimum atomic E-state index is -0.0937. The number of nitriles is 1. The lowest BCUT2D eigenvalue weighted by Gasteiger charge is -2.05. The van der Waals surface area contributed by atoms with Gasteiger partial charge in [0.2, 0.25) is 5.91 Å². The molecule has 0 spiro atoms. The second-order valence-electron chi connectivity index (χ2n) is 2.70. The number of halogens is 1. The van der Waals surface area contributed by atoms with Gasteiger partial charge in [-0.05, 0) is 18.2 Å². The van der Waals surface area contributed by atoms with Gasteiger partial charge in [0.25, 0.3) is 0 Å². The molecule has 0 atom stereocenters. The van der Waals surface area contributed by atoms with E-state index in [1.165, 1.54) is 0 Å². The summed E-state index contributed by atoms with van der Waals surface area (Å²) < 4.78 is 0.823. The number of nitrogens with zero attached hydrogens (tertiary/aromatic N) is 1. The lowest BCUT2D eigenvalue weighted by molar-refractivity contribution is -0.115. The van der Waals surface area contributed by atoms with Gasteiger partial charge in [0, 0.05) is 10.9 Å². The largest absolute Gasteiger partial charge is 0.325 e. The highest BCUT2D eigenvalue weighted by Crippen LogP contribution is 2.20. The molecule has 0 aliphatic carbocycles. The van der Waals surface area contributed by atoms with E-state index in [9.17, 15) is 4.79 Å². The predicted octanol–water partition coefficient (Wildman–Crippen LogP) is 2.67. The number of hydrogen-bond acceptors (Lipinski definition) is 2. The van der Waals surface area contributed by atoms with Crippen molar-refractivity contribution >= 4 is 27.5 Å². The van der Waals surface area contributed by atoms with Gasteiger partial charge < -0.3 is 5.32 Å². The first kappa shape index (κ1) is 10.7. The van der Waals surface area contributed by atoms with E-state index in [0.29, 0.717) is 17.7 Å². The van der Waals surface area contributed by atoms with Crippen molar-refractivity contribution in [3.63, 3.8) is 0 Å². The summed E-state index contributed by atoms with van der Waals surface area (Å²) in [5, 5.41) is 11.5. The van der Waals surface area contributed by atoms with E-state index in [1.54, 1.807) is 25.1 Å². The summed E-state index contributed by atoms with van der Waals surface area (Å²) in [5.41, 5.74) is 1.02. The van der Waals surface area contributed by atoms with Gasteiger partial charge in [0.1, 0.15) is 6.07 Å². The van der Waals surface area contributed by atoms with Gasteiger partial charge in [0.05, 0.1) is 11.3 Å². The summed E-state index contributed by atoms with van der Waals surface area (Å²) in [4.78, 5) is 11.1. The first-order valence-electron chi connectivity index (χ1n) is 4.17. The maximum atomic E-state index is 11.1. The van der Waals surface area contributed by atoms with Crippen LogP contribution in [0.1, 0.15) is 18.9 Å². The van der Waals surface area contributed by atoms with Crippen LogP contribution in [0.5, 0.6) is 0 Å². The molecule has 1 amide bonds. The molecule has 1 N–H and O–H groups in total. The normalized spacial score (nSPS) is 9.21. The number of carbonyl (C=O) groups is 1. The third-order valence-corrected chi connectivity index (χ3v) is 2.19. The number of carbonyl (C=O) groups excluding carboxylic acids is 1. The first-order valence-corrected chi connectivity index (χ1v) is 4.96. The van der Waals surface area contributed by atoms with E-state index >= 15 is 0 Å². The van der Waals surface area contributed by atoms with Crippen molar-refractivity contribution < 1.29 is 4.79 Å². The standard InChI is InChI=1S/C10H9BrN2O/c1-2-10(14)13-9-4-3-8(11)5-7(9)6-12/h3-5H,2H2,1H3,(H,13,14). The molecular formula is C10H9BrN2O. The van der Waals surface area contributed by atoms with Crippen LogP contribution in [0.4, 0.5) is 5.69 Å². The number of rotatable bonds is 2. The second-order valence-corrected chi connectivity index (χ2v) is 3.62. The summed E-state index contributed by atoms with van der Waals surface area (Å²) in [5.74, 6) is -0.0937. The molecular weight excluding hydrogens is 244 g/mol. The number of amides is 1. The van der Waals surface area contributed by atoms with Gasteiger partial charge in [-0.15, -0.1) is 0 Å². The van der Waals surface area contributed by atoms with Crippen molar-refractivity contribution in [2.24, 2.45) is 0 Å². The molecule has 1 aromatic carbocycles. The molecule has 0 aromatic heterocycles. The van der Waals surface area contributed by atoms with Crippen LogP contribution in [0.3, 0.4) is 0 Å². The topological polar surface area (TPSA) is 52.9 Å². The van der Waals surface area contributed by atoms with Crippen LogP contribution in [0.15, 0.2) is 22.7 Å². The maximum Gasteiger partial charge on any atom is 0.224 e. The molecule has 0 heterocycles. The van der Waals surface area contributed by atoms with E-state index in [1.807, 2.05) is 6.07 Å². The molecule has 72 valence electrons. The average Bonchev–Trinajstić information content (AvgIpc) is 2.20. The van der Waals surface area contributed by atoms with Crippen LogP contribution in [0.2, 0.25) is 0 Å². The third-order valence-electron chi connectivity index (χ3n) is 1.70. The molecule has 14 heavy (non-hydrogen) atoms. The number of benzene rings is 1. The van der Waals surface area contributed by atoms with E-state index in [4.69, 9.17) is 5.26 Å². The Labute approximate surface area is 90.9 Å². The minimum absolute atomic E-state index is 0.0937. The predicted molar refractivity (Wildman–Crippen MR) is 57.8 cm³/mol. The zero-order valence-corrected chi connectivity index (χ0v) is 9.26. The van der Waals surface area contributed by atoms with E-state index in [0.717, 1.165) is 4.47 Å². The van der Waals surface area contributed by atoms with Crippen molar-refractivity contribution in [1.29, 1.82) is 5.26 Å². The Hall–Kier alpha value is -1.34. The summed E-state index contributed by atoms with van der Waals surface area (Å²) in [6, 6.07) is 7.18. The highest BCUT2D eigenvalue weighted by atomic mass is 79.9. The lowest BCUT2D eigenvalue weighted by Crippen LogP contribution is -2.10. The van der Waals surface area contributed by atoms with Crippen LogP contribution in [0.25, 0.3) is 0 Å². The molecule has 0 radical (unpaired) electrons. The molecule has 0 saturated heterocycles. The Balaban J connectivity index is 2.98. The maximum absolute atomic E-state index is 11.1. The molecule has 0 bridgehead atoms. The quantitative estimate of drug-likeness (QED) is 0.880. The summed E-state index contributed by atoms with van der Waals surface area (Å²) >= 11 is 3.26. The van der Waals surface area contributed by atoms with Crippen molar-refractivity contribution in [2.75, 3.05) is 5.32 Å². The third kappa shape index (κ3) is 2.57. The van der Waals surface area contributed by atoms with Gasteiger partial charge in [-0.2, -0.15) is 5.26 Å². The fourth-order valence-electron chi connectivity index (χ4n) is 0.957. The first-order chi connectivity index (χ1) is 6.67. The Kier molecular flexibility index (Phi) is 3.66. The molecule has 0 saturated carbocycles. The monoisotopic (exact) mass is 252 g/mol. The van der Waals surface area contributed by atoms with Gasteiger partial charge in [-0.3, -0.25) is 4.79 Å². The highest BCUT2D eigenvalue weighted by molar-refractivity contribution is 9.10. The van der Waals surface area contributed by atoms with Gasteiger partial charge in [0.15, 0.2) is 0 Å². The molecule has 0 aliphatic heterocycles. The Morgan fingerprint density at radius 1 is 1.64 bits per heavy atom. The van der Waals surface area contributed by atoms with Crippen LogP contribution in [0, 0.1) is 11.3 Å². The van der Waals surface area contributed by atoms with Crippen molar-refractivity contribution in [2.45, 2.75) is 13.3 Å². The van der Waals surface area contributed by atoms with Gasteiger partial charge in [-0.25, -0.2) is 0 Å². The zero-order valence-electron chi connectivity index (χ0n) is 7.67. The van der Waals surface area contributed by atoms with E-state index < -0.39 is 0 Å². The molecule has 1 aromatic rings. The number of hydrogen-bond donors (Lipinski definition) is 1. The average molecular weight is 253 g/mol. The lowest BCUT2D eigenvalue weighted by atomic mass is 10.2. The summed E-state index contributed by atoms with van der Waals surface area (Å²) in [7, 11) is 0. The SMILES string of the molecule is CCC(=O)Nc1ccc(Br)cc1C#N.